The minimum atomic E-state index is -3.92. The molecule has 1 atom stereocenters. The number of β-amino-alcohol motifs (C(OH)–C–C–N with tert-alkyl or cyclic N) is 1. The maximum absolute atomic E-state index is 13.3. The average molecular weight is 326 g/mol. The first kappa shape index (κ1) is 12.9. The lowest BCUT2D eigenvalue weighted by molar-refractivity contribution is -0.0316. The summed E-state index contributed by atoms with van der Waals surface area (Å²) in [5, 5.41) is 9.20. The van der Waals surface area contributed by atoms with Crippen LogP contribution in [0.4, 0.5) is 4.39 Å². The highest BCUT2D eigenvalue weighted by Crippen LogP contribution is 2.24. The normalized spacial score (nSPS) is 21.9. The van der Waals surface area contributed by atoms with Gasteiger partial charge in [-0.1, -0.05) is 4.47 Å². The molecule has 5 nitrogen and oxygen atoms in total. The van der Waals surface area contributed by atoms with E-state index in [4.69, 9.17) is 4.84 Å². The number of aliphatic hydroxyl groups is 1. The Morgan fingerprint density at radius 1 is 1.53 bits per heavy atom. The maximum atomic E-state index is 13.3. The third kappa shape index (κ3) is 2.50. The second-order valence-electron chi connectivity index (χ2n) is 3.52. The molecule has 1 aromatic carbocycles. The molecule has 0 aliphatic carbocycles. The van der Waals surface area contributed by atoms with Gasteiger partial charge in [0.15, 0.2) is 0 Å². The predicted octanol–water partition coefficient (Wildman–Crippen LogP) is 0.885. The highest BCUT2D eigenvalue weighted by Gasteiger charge is 2.33. The molecule has 94 valence electrons. The number of benzene rings is 1. The molecule has 0 spiro atoms. The molecule has 1 aliphatic rings. The quantitative estimate of drug-likeness (QED) is 0.876. The molecule has 17 heavy (non-hydrogen) atoms. The Balaban J connectivity index is 2.35. The van der Waals surface area contributed by atoms with Gasteiger partial charge in [0.2, 0.25) is 0 Å². The number of hydrogen-bond donors (Lipinski definition) is 1. The zero-order valence-electron chi connectivity index (χ0n) is 8.51. The topological polar surface area (TPSA) is 66.8 Å². The van der Waals surface area contributed by atoms with E-state index < -0.39 is 21.9 Å². The van der Waals surface area contributed by atoms with Gasteiger partial charge in [-0.15, -0.1) is 0 Å². The number of rotatable bonds is 2. The van der Waals surface area contributed by atoms with Crippen molar-refractivity contribution in [3.8, 4) is 0 Å². The molecule has 0 aromatic heterocycles. The van der Waals surface area contributed by atoms with Gasteiger partial charge in [-0.05, 0) is 34.1 Å². The summed E-state index contributed by atoms with van der Waals surface area (Å²) < 4.78 is 38.0. The van der Waals surface area contributed by atoms with Crippen LogP contribution in [0.25, 0.3) is 0 Å². The SMILES string of the molecule is O=S(=O)(c1ccc(Br)c(F)c1)N1C[C@@H](O)CO1. The van der Waals surface area contributed by atoms with Gasteiger partial charge in [0.05, 0.1) is 28.6 Å². The van der Waals surface area contributed by atoms with Gasteiger partial charge in [0, 0.05) is 0 Å². The molecule has 1 aromatic rings. The van der Waals surface area contributed by atoms with E-state index in [2.05, 4.69) is 15.9 Å². The van der Waals surface area contributed by atoms with Crippen LogP contribution in [-0.2, 0) is 14.9 Å². The lowest BCUT2D eigenvalue weighted by Crippen LogP contribution is -2.28. The van der Waals surface area contributed by atoms with Crippen molar-refractivity contribution in [3.63, 3.8) is 0 Å². The Labute approximate surface area is 106 Å². The van der Waals surface area contributed by atoms with Crippen molar-refractivity contribution >= 4 is 26.0 Å². The Hall–Kier alpha value is -0.540. The molecule has 0 radical (unpaired) electrons. The number of hydrogen-bond acceptors (Lipinski definition) is 4. The molecule has 8 heteroatoms. The van der Waals surface area contributed by atoms with E-state index in [-0.39, 0.29) is 22.5 Å². The summed E-state index contributed by atoms with van der Waals surface area (Å²) in [6.07, 6.45) is -0.856. The van der Waals surface area contributed by atoms with Crippen molar-refractivity contribution in [2.24, 2.45) is 0 Å². The Morgan fingerprint density at radius 2 is 2.24 bits per heavy atom. The fraction of sp³-hybridized carbons (Fsp3) is 0.333. The third-order valence-electron chi connectivity index (χ3n) is 2.23. The van der Waals surface area contributed by atoms with E-state index >= 15 is 0 Å². The number of sulfonamides is 1. The molecule has 1 aliphatic heterocycles. The van der Waals surface area contributed by atoms with Crippen LogP contribution in [0.15, 0.2) is 27.6 Å². The smallest absolute Gasteiger partial charge is 0.265 e. The van der Waals surface area contributed by atoms with Crippen LogP contribution in [-0.4, -0.2) is 37.2 Å². The van der Waals surface area contributed by atoms with E-state index in [1.807, 2.05) is 0 Å². The first-order valence-electron chi connectivity index (χ1n) is 4.70. The summed E-state index contributed by atoms with van der Waals surface area (Å²) in [6.45, 7) is -0.238. The van der Waals surface area contributed by atoms with Crippen molar-refractivity contribution in [1.29, 1.82) is 0 Å². The van der Waals surface area contributed by atoms with E-state index in [9.17, 15) is 17.9 Å². The molecule has 1 N–H and O–H groups in total. The largest absolute Gasteiger partial charge is 0.389 e. The van der Waals surface area contributed by atoms with E-state index in [1.54, 1.807) is 0 Å². The molecule has 2 rings (SSSR count). The zero-order chi connectivity index (χ0) is 12.6. The Morgan fingerprint density at radius 3 is 2.76 bits per heavy atom. The second-order valence-corrected chi connectivity index (χ2v) is 6.20. The third-order valence-corrected chi connectivity index (χ3v) is 4.51. The molecule has 1 heterocycles. The van der Waals surface area contributed by atoms with Crippen molar-refractivity contribution < 1.29 is 22.8 Å². The lowest BCUT2D eigenvalue weighted by atomic mass is 10.3. The van der Waals surface area contributed by atoms with Crippen LogP contribution in [0.1, 0.15) is 0 Å². The van der Waals surface area contributed by atoms with Crippen molar-refractivity contribution in [3.05, 3.63) is 28.5 Å². The molecule has 1 saturated heterocycles. The first-order valence-corrected chi connectivity index (χ1v) is 6.93. The molecule has 0 saturated carbocycles. The summed E-state index contributed by atoms with van der Waals surface area (Å²) in [6, 6.07) is 3.46. The van der Waals surface area contributed by atoms with Gasteiger partial charge >= 0.3 is 0 Å². The minimum Gasteiger partial charge on any atom is -0.389 e. The van der Waals surface area contributed by atoms with Crippen LogP contribution in [0.2, 0.25) is 0 Å². The molecule has 0 unspecified atom stereocenters. The number of halogens is 2. The van der Waals surface area contributed by atoms with Crippen LogP contribution in [0.3, 0.4) is 0 Å². The molecular weight excluding hydrogens is 317 g/mol. The van der Waals surface area contributed by atoms with Gasteiger partial charge in [0.25, 0.3) is 10.0 Å². The van der Waals surface area contributed by atoms with Crippen LogP contribution in [0.5, 0.6) is 0 Å². The van der Waals surface area contributed by atoms with Gasteiger partial charge in [-0.3, -0.25) is 4.84 Å². The fourth-order valence-electron chi connectivity index (χ4n) is 1.37. The summed E-state index contributed by atoms with van der Waals surface area (Å²) in [5.41, 5.74) is 0. The van der Waals surface area contributed by atoms with E-state index in [0.717, 1.165) is 6.07 Å². The first-order chi connectivity index (χ1) is 7.91. The molecule has 0 amide bonds. The van der Waals surface area contributed by atoms with Crippen molar-refractivity contribution in [2.45, 2.75) is 11.0 Å². The van der Waals surface area contributed by atoms with Crippen molar-refractivity contribution in [1.82, 2.24) is 4.47 Å². The average Bonchev–Trinajstić information content (AvgIpc) is 2.69. The predicted molar refractivity (Wildman–Crippen MR) is 60.0 cm³/mol. The number of aliphatic hydroxyl groups excluding tert-OH is 1. The van der Waals surface area contributed by atoms with Gasteiger partial charge < -0.3 is 5.11 Å². The Bertz CT molecular complexity index is 536. The Kier molecular flexibility index (Phi) is 3.50. The lowest BCUT2D eigenvalue weighted by Gasteiger charge is -2.14. The number of hydroxylamine groups is 1. The summed E-state index contributed by atoms with van der Waals surface area (Å²) in [7, 11) is -3.92. The second kappa shape index (κ2) is 4.62. The molecule has 1 fully saturated rings. The summed E-state index contributed by atoms with van der Waals surface area (Å²) in [5.74, 6) is -0.675. The van der Waals surface area contributed by atoms with Crippen LogP contribution < -0.4 is 0 Å². The van der Waals surface area contributed by atoms with Gasteiger partial charge in [0.1, 0.15) is 5.82 Å². The van der Waals surface area contributed by atoms with Gasteiger partial charge in [-0.2, -0.15) is 0 Å². The highest BCUT2D eigenvalue weighted by atomic mass is 79.9. The summed E-state index contributed by atoms with van der Waals surface area (Å²) >= 11 is 2.93. The van der Waals surface area contributed by atoms with E-state index in [1.165, 1.54) is 12.1 Å². The highest BCUT2D eigenvalue weighted by molar-refractivity contribution is 9.10. The zero-order valence-corrected chi connectivity index (χ0v) is 10.9. The van der Waals surface area contributed by atoms with E-state index in [0.29, 0.717) is 4.47 Å². The molecular formula is C9H9BrFNO4S. The van der Waals surface area contributed by atoms with Gasteiger partial charge in [-0.25, -0.2) is 12.8 Å². The summed E-state index contributed by atoms with van der Waals surface area (Å²) in [4.78, 5) is 4.60. The maximum Gasteiger partial charge on any atom is 0.265 e. The van der Waals surface area contributed by atoms with Crippen LogP contribution >= 0.6 is 15.9 Å². The minimum absolute atomic E-state index is 0.0851. The van der Waals surface area contributed by atoms with Crippen molar-refractivity contribution in [2.75, 3.05) is 13.2 Å². The fourth-order valence-corrected chi connectivity index (χ4v) is 2.91. The van der Waals surface area contributed by atoms with Crippen LogP contribution in [0, 0.1) is 5.82 Å². The monoisotopic (exact) mass is 325 g/mol. The standard InChI is InChI=1S/C9H9BrFNO4S/c10-8-2-1-7(3-9(8)11)17(14,15)12-4-6(13)5-16-12/h1-3,6,13H,4-5H2/t6-/m1/s1. The number of nitrogens with zero attached hydrogens (tertiary/aromatic N) is 1. The molecule has 0 bridgehead atoms.